The molecule has 0 aliphatic carbocycles. The van der Waals surface area contributed by atoms with Crippen molar-refractivity contribution in [3.63, 3.8) is 0 Å². The van der Waals surface area contributed by atoms with Gasteiger partial charge in [-0.2, -0.15) is 5.10 Å². The summed E-state index contributed by atoms with van der Waals surface area (Å²) in [4.78, 5) is 12.0. The summed E-state index contributed by atoms with van der Waals surface area (Å²) in [5, 5.41) is 9.03. The van der Waals surface area contributed by atoms with Gasteiger partial charge in [0.15, 0.2) is 0 Å². The van der Waals surface area contributed by atoms with E-state index in [1.165, 1.54) is 0 Å². The molecule has 1 amide bonds. The molecule has 0 radical (unpaired) electrons. The highest BCUT2D eigenvalue weighted by Gasteiger charge is 2.14. The predicted molar refractivity (Wildman–Crippen MR) is 77.7 cm³/mol. The summed E-state index contributed by atoms with van der Waals surface area (Å²) < 4.78 is 2.87. The zero-order chi connectivity index (χ0) is 12.6. The van der Waals surface area contributed by atoms with Gasteiger partial charge in [-0.3, -0.25) is 9.48 Å². The summed E-state index contributed by atoms with van der Waals surface area (Å²) in [7, 11) is 1.87. The Morgan fingerprint density at radius 2 is 2.24 bits per heavy atom. The monoisotopic (exact) mass is 361 g/mol. The summed E-state index contributed by atoms with van der Waals surface area (Å²) in [5.74, 6) is -0.0802. The van der Waals surface area contributed by atoms with Crippen molar-refractivity contribution in [1.82, 2.24) is 9.78 Å². The number of aryl methyl sites for hydroxylation is 2. The van der Waals surface area contributed by atoms with Crippen LogP contribution in [-0.4, -0.2) is 15.7 Å². The lowest BCUT2D eigenvalue weighted by Gasteiger charge is -2.03. The van der Waals surface area contributed by atoms with E-state index >= 15 is 0 Å². The molecule has 2 aromatic heterocycles. The van der Waals surface area contributed by atoms with Crippen LogP contribution >= 0.6 is 33.9 Å². The maximum Gasteiger partial charge on any atom is 0.256 e. The lowest BCUT2D eigenvalue weighted by Crippen LogP contribution is -2.12. The van der Waals surface area contributed by atoms with E-state index in [9.17, 15) is 4.79 Å². The van der Waals surface area contributed by atoms with E-state index in [1.54, 1.807) is 16.0 Å². The van der Waals surface area contributed by atoms with E-state index in [4.69, 9.17) is 0 Å². The molecule has 4 nitrogen and oxygen atoms in total. The molecule has 6 heteroatoms. The van der Waals surface area contributed by atoms with E-state index in [-0.39, 0.29) is 5.91 Å². The van der Waals surface area contributed by atoms with E-state index in [0.29, 0.717) is 5.56 Å². The molecule has 0 unspecified atom stereocenters. The molecule has 1 N–H and O–H groups in total. The highest BCUT2D eigenvalue weighted by atomic mass is 127. The average molecular weight is 361 g/mol. The SMILES string of the molecule is Cc1nn(C)c(C)c1NC(=O)c1csc(I)c1. The first-order valence-corrected chi connectivity index (χ1v) is 7.00. The van der Waals surface area contributed by atoms with Crippen LogP contribution in [0.3, 0.4) is 0 Å². The predicted octanol–water partition coefficient (Wildman–Crippen LogP) is 2.96. The molecule has 0 aromatic carbocycles. The average Bonchev–Trinajstić information content (AvgIpc) is 2.79. The van der Waals surface area contributed by atoms with Gasteiger partial charge >= 0.3 is 0 Å². The minimum atomic E-state index is -0.0802. The second-order valence-corrected chi connectivity index (χ2v) is 6.57. The van der Waals surface area contributed by atoms with Crippen molar-refractivity contribution < 1.29 is 4.79 Å². The first kappa shape index (κ1) is 12.6. The molecule has 0 spiro atoms. The Morgan fingerprint density at radius 3 is 2.71 bits per heavy atom. The molecule has 2 aromatic rings. The van der Waals surface area contributed by atoms with Crippen molar-refractivity contribution >= 4 is 45.5 Å². The van der Waals surface area contributed by atoms with Gasteiger partial charge in [0.1, 0.15) is 0 Å². The Hall–Kier alpha value is -0.890. The molecule has 2 heterocycles. The van der Waals surface area contributed by atoms with E-state index in [2.05, 4.69) is 33.0 Å². The fraction of sp³-hybridized carbons (Fsp3) is 0.273. The standard InChI is InChI=1S/C11H12IN3OS/c1-6-10(7(2)15(3)14-6)13-11(16)8-4-9(12)17-5-8/h4-5H,1-3H3,(H,13,16). The van der Waals surface area contributed by atoms with E-state index in [0.717, 1.165) is 20.0 Å². The molecule has 0 saturated heterocycles. The minimum absolute atomic E-state index is 0.0802. The van der Waals surface area contributed by atoms with Crippen molar-refractivity contribution in [3.05, 3.63) is 31.3 Å². The lowest BCUT2D eigenvalue weighted by atomic mass is 10.2. The van der Waals surface area contributed by atoms with Gasteiger partial charge in [-0.05, 0) is 42.5 Å². The van der Waals surface area contributed by atoms with Gasteiger partial charge < -0.3 is 5.32 Å². The number of thiophene rings is 1. The van der Waals surface area contributed by atoms with Crippen molar-refractivity contribution in [3.8, 4) is 0 Å². The van der Waals surface area contributed by atoms with Crippen LogP contribution < -0.4 is 5.32 Å². The summed E-state index contributed by atoms with van der Waals surface area (Å²) in [6.07, 6.45) is 0. The van der Waals surface area contributed by atoms with Crippen LogP contribution in [-0.2, 0) is 7.05 Å². The smallest absolute Gasteiger partial charge is 0.256 e. The molecule has 90 valence electrons. The largest absolute Gasteiger partial charge is 0.319 e. The molecule has 0 fully saturated rings. The molecular weight excluding hydrogens is 349 g/mol. The number of hydrogen-bond donors (Lipinski definition) is 1. The molecule has 0 bridgehead atoms. The number of anilines is 1. The molecule has 0 saturated carbocycles. The fourth-order valence-electron chi connectivity index (χ4n) is 1.57. The Morgan fingerprint density at radius 1 is 1.53 bits per heavy atom. The number of carbonyl (C=O) groups excluding carboxylic acids is 1. The first-order valence-electron chi connectivity index (χ1n) is 5.04. The van der Waals surface area contributed by atoms with Crippen molar-refractivity contribution in [2.24, 2.45) is 7.05 Å². The van der Waals surface area contributed by atoms with Gasteiger partial charge in [-0.25, -0.2) is 0 Å². The molecule has 0 atom stereocenters. The van der Waals surface area contributed by atoms with Gasteiger partial charge in [-0.1, -0.05) is 0 Å². The van der Waals surface area contributed by atoms with Gasteiger partial charge in [-0.15, -0.1) is 11.3 Å². The fourth-order valence-corrected chi connectivity index (χ4v) is 2.90. The van der Waals surface area contributed by atoms with E-state index < -0.39 is 0 Å². The number of hydrogen-bond acceptors (Lipinski definition) is 3. The van der Waals surface area contributed by atoms with Gasteiger partial charge in [0.25, 0.3) is 5.91 Å². The van der Waals surface area contributed by atoms with Crippen LogP contribution in [0.4, 0.5) is 5.69 Å². The number of rotatable bonds is 2. The third-order valence-corrected chi connectivity index (χ3v) is 4.37. The Kier molecular flexibility index (Phi) is 3.53. The second-order valence-electron chi connectivity index (χ2n) is 3.76. The molecule has 2 rings (SSSR count). The van der Waals surface area contributed by atoms with Gasteiger partial charge in [0.2, 0.25) is 0 Å². The summed E-state index contributed by atoms with van der Waals surface area (Å²) in [5.41, 5.74) is 3.30. The van der Waals surface area contributed by atoms with E-state index in [1.807, 2.05) is 32.3 Å². The third kappa shape index (κ3) is 2.52. The summed E-state index contributed by atoms with van der Waals surface area (Å²) >= 11 is 3.77. The maximum absolute atomic E-state index is 12.0. The highest BCUT2D eigenvalue weighted by molar-refractivity contribution is 14.1. The van der Waals surface area contributed by atoms with Crippen LogP contribution in [0.1, 0.15) is 21.7 Å². The number of carbonyl (C=O) groups is 1. The van der Waals surface area contributed by atoms with Gasteiger partial charge in [0, 0.05) is 12.4 Å². The van der Waals surface area contributed by atoms with Crippen LogP contribution in [0.25, 0.3) is 0 Å². The molecule has 17 heavy (non-hydrogen) atoms. The van der Waals surface area contributed by atoms with Crippen molar-refractivity contribution in [2.75, 3.05) is 5.32 Å². The van der Waals surface area contributed by atoms with Crippen molar-refractivity contribution in [2.45, 2.75) is 13.8 Å². The number of nitrogens with one attached hydrogen (secondary N) is 1. The zero-order valence-electron chi connectivity index (χ0n) is 9.74. The van der Waals surface area contributed by atoms with Crippen LogP contribution in [0, 0.1) is 16.7 Å². The Balaban J connectivity index is 2.24. The second kappa shape index (κ2) is 4.77. The Bertz CT molecular complexity index is 573. The third-order valence-electron chi connectivity index (χ3n) is 2.58. The van der Waals surface area contributed by atoms with Gasteiger partial charge in [0.05, 0.1) is 25.5 Å². The lowest BCUT2D eigenvalue weighted by molar-refractivity contribution is 0.102. The normalized spacial score (nSPS) is 10.6. The highest BCUT2D eigenvalue weighted by Crippen LogP contribution is 2.21. The number of halogens is 1. The zero-order valence-corrected chi connectivity index (χ0v) is 12.7. The maximum atomic E-state index is 12.0. The Labute approximate surface area is 117 Å². The topological polar surface area (TPSA) is 46.9 Å². The number of amides is 1. The van der Waals surface area contributed by atoms with Crippen LogP contribution in [0.5, 0.6) is 0 Å². The summed E-state index contributed by atoms with van der Waals surface area (Å²) in [6.45, 7) is 3.83. The van der Waals surface area contributed by atoms with Crippen LogP contribution in [0.2, 0.25) is 0 Å². The number of aromatic nitrogens is 2. The summed E-state index contributed by atoms with van der Waals surface area (Å²) in [6, 6.07) is 1.88. The molecular formula is C11H12IN3OS. The molecule has 0 aliphatic heterocycles. The quantitative estimate of drug-likeness (QED) is 0.837. The first-order chi connectivity index (χ1) is 7.99. The van der Waals surface area contributed by atoms with Crippen molar-refractivity contribution in [1.29, 1.82) is 0 Å². The minimum Gasteiger partial charge on any atom is -0.319 e. The molecule has 0 aliphatic rings. The number of nitrogens with zero attached hydrogens (tertiary/aromatic N) is 2. The van der Waals surface area contributed by atoms with Crippen LogP contribution in [0.15, 0.2) is 11.4 Å².